The molecule has 1 aliphatic carbocycles. The van der Waals surface area contributed by atoms with Crippen LogP contribution in [0.1, 0.15) is 39.5 Å². The summed E-state index contributed by atoms with van der Waals surface area (Å²) in [7, 11) is 1.34. The van der Waals surface area contributed by atoms with E-state index in [1.54, 1.807) is 13.8 Å². The fraction of sp³-hybridized carbons (Fsp3) is 0.833. The molecule has 2 atom stereocenters. The van der Waals surface area contributed by atoms with Gasteiger partial charge < -0.3 is 10.1 Å². The summed E-state index contributed by atoms with van der Waals surface area (Å²) in [6.07, 6.45) is 4.49. The normalized spacial score (nSPS) is 19.7. The van der Waals surface area contributed by atoms with E-state index >= 15 is 0 Å². The SMILES string of the molecule is COC(=O)C(C)NC(C)C(=O)NC1CCCC1. The highest BCUT2D eigenvalue weighted by Crippen LogP contribution is 2.17. The molecule has 0 aromatic rings. The second-order valence-corrected chi connectivity index (χ2v) is 4.62. The van der Waals surface area contributed by atoms with Gasteiger partial charge in [-0.2, -0.15) is 0 Å². The highest BCUT2D eigenvalue weighted by Gasteiger charge is 2.23. The van der Waals surface area contributed by atoms with Crippen molar-refractivity contribution >= 4 is 11.9 Å². The zero-order valence-electron chi connectivity index (χ0n) is 10.8. The lowest BCUT2D eigenvalue weighted by Crippen LogP contribution is -2.50. The van der Waals surface area contributed by atoms with E-state index in [0.717, 1.165) is 12.8 Å². The summed E-state index contributed by atoms with van der Waals surface area (Å²) in [4.78, 5) is 23.0. The van der Waals surface area contributed by atoms with Crippen LogP contribution in [0.15, 0.2) is 0 Å². The number of amides is 1. The van der Waals surface area contributed by atoms with E-state index < -0.39 is 6.04 Å². The summed E-state index contributed by atoms with van der Waals surface area (Å²) in [5.41, 5.74) is 0. The third-order valence-corrected chi connectivity index (χ3v) is 3.15. The third-order valence-electron chi connectivity index (χ3n) is 3.15. The van der Waals surface area contributed by atoms with Gasteiger partial charge in [0.1, 0.15) is 6.04 Å². The Kier molecular flexibility index (Phi) is 5.41. The van der Waals surface area contributed by atoms with Crippen LogP contribution in [0.2, 0.25) is 0 Å². The number of hydrogen-bond donors (Lipinski definition) is 2. The number of methoxy groups -OCH3 is 1. The highest BCUT2D eigenvalue weighted by atomic mass is 16.5. The smallest absolute Gasteiger partial charge is 0.322 e. The first-order valence-corrected chi connectivity index (χ1v) is 6.19. The molecule has 0 spiro atoms. The maximum atomic E-state index is 11.8. The van der Waals surface area contributed by atoms with Crippen molar-refractivity contribution in [1.29, 1.82) is 0 Å². The Morgan fingerprint density at radius 2 is 1.76 bits per heavy atom. The maximum absolute atomic E-state index is 11.8. The van der Waals surface area contributed by atoms with Crippen molar-refractivity contribution in [1.82, 2.24) is 10.6 Å². The molecule has 2 unspecified atom stereocenters. The van der Waals surface area contributed by atoms with Gasteiger partial charge in [-0.1, -0.05) is 12.8 Å². The van der Waals surface area contributed by atoms with Crippen LogP contribution in [-0.4, -0.2) is 37.1 Å². The van der Waals surface area contributed by atoms with Gasteiger partial charge in [-0.15, -0.1) is 0 Å². The van der Waals surface area contributed by atoms with Crippen molar-refractivity contribution in [3.63, 3.8) is 0 Å². The molecule has 5 heteroatoms. The quantitative estimate of drug-likeness (QED) is 0.692. The Balaban J connectivity index is 2.32. The maximum Gasteiger partial charge on any atom is 0.322 e. The van der Waals surface area contributed by atoms with Crippen molar-refractivity contribution in [2.45, 2.75) is 57.7 Å². The number of nitrogens with one attached hydrogen (secondary N) is 2. The van der Waals surface area contributed by atoms with E-state index in [2.05, 4.69) is 15.4 Å². The van der Waals surface area contributed by atoms with Gasteiger partial charge in [0.25, 0.3) is 0 Å². The van der Waals surface area contributed by atoms with Gasteiger partial charge in [-0.25, -0.2) is 0 Å². The molecule has 1 aliphatic rings. The summed E-state index contributed by atoms with van der Waals surface area (Å²) in [5.74, 6) is -0.404. The van der Waals surface area contributed by atoms with Gasteiger partial charge in [0.2, 0.25) is 5.91 Å². The van der Waals surface area contributed by atoms with Gasteiger partial charge in [0.15, 0.2) is 0 Å². The third kappa shape index (κ3) is 4.34. The lowest BCUT2D eigenvalue weighted by molar-refractivity contribution is -0.143. The fourth-order valence-electron chi connectivity index (χ4n) is 2.09. The van der Waals surface area contributed by atoms with Crippen LogP contribution in [0, 0.1) is 0 Å². The van der Waals surface area contributed by atoms with Crippen molar-refractivity contribution in [3.05, 3.63) is 0 Å². The average Bonchev–Trinajstić information content (AvgIpc) is 2.80. The molecule has 0 aromatic heterocycles. The lowest BCUT2D eigenvalue weighted by atomic mass is 10.2. The average molecular weight is 242 g/mol. The monoisotopic (exact) mass is 242 g/mol. The highest BCUT2D eigenvalue weighted by molar-refractivity contribution is 5.83. The van der Waals surface area contributed by atoms with E-state index in [0.29, 0.717) is 6.04 Å². The number of rotatable bonds is 5. The van der Waals surface area contributed by atoms with E-state index in [1.165, 1.54) is 20.0 Å². The first-order valence-electron chi connectivity index (χ1n) is 6.19. The van der Waals surface area contributed by atoms with E-state index in [-0.39, 0.29) is 17.9 Å². The molecule has 0 saturated heterocycles. The second-order valence-electron chi connectivity index (χ2n) is 4.62. The molecular formula is C12H22N2O3. The zero-order valence-corrected chi connectivity index (χ0v) is 10.8. The molecule has 0 aliphatic heterocycles. The van der Waals surface area contributed by atoms with Crippen LogP contribution in [0.3, 0.4) is 0 Å². The van der Waals surface area contributed by atoms with Crippen LogP contribution < -0.4 is 10.6 Å². The Labute approximate surface area is 102 Å². The Hall–Kier alpha value is -1.10. The van der Waals surface area contributed by atoms with Gasteiger partial charge >= 0.3 is 5.97 Å². The van der Waals surface area contributed by atoms with Gasteiger partial charge in [0, 0.05) is 6.04 Å². The predicted octanol–water partition coefficient (Wildman–Crippen LogP) is 0.585. The Bertz CT molecular complexity index is 275. The molecule has 98 valence electrons. The molecule has 0 heterocycles. The van der Waals surface area contributed by atoms with E-state index in [1.807, 2.05) is 0 Å². The second kappa shape index (κ2) is 6.59. The minimum absolute atomic E-state index is 0.0485. The van der Waals surface area contributed by atoms with E-state index in [9.17, 15) is 9.59 Å². The molecule has 0 radical (unpaired) electrons. The Morgan fingerprint density at radius 3 is 2.29 bits per heavy atom. The minimum atomic E-state index is -0.468. The number of esters is 1. The zero-order chi connectivity index (χ0) is 12.8. The molecule has 0 bridgehead atoms. The fourth-order valence-corrected chi connectivity index (χ4v) is 2.09. The minimum Gasteiger partial charge on any atom is -0.468 e. The summed E-state index contributed by atoms with van der Waals surface area (Å²) in [6, 6.07) is -0.547. The molecule has 1 amide bonds. The summed E-state index contributed by atoms with van der Waals surface area (Å²) < 4.78 is 4.59. The molecule has 17 heavy (non-hydrogen) atoms. The molecule has 1 saturated carbocycles. The molecule has 2 N–H and O–H groups in total. The summed E-state index contributed by atoms with van der Waals surface area (Å²) in [5, 5.41) is 5.91. The van der Waals surface area contributed by atoms with Crippen LogP contribution in [-0.2, 0) is 14.3 Å². The lowest BCUT2D eigenvalue weighted by Gasteiger charge is -2.20. The van der Waals surface area contributed by atoms with Gasteiger partial charge in [-0.3, -0.25) is 14.9 Å². The summed E-state index contributed by atoms with van der Waals surface area (Å²) in [6.45, 7) is 3.44. The van der Waals surface area contributed by atoms with Crippen molar-refractivity contribution < 1.29 is 14.3 Å². The number of hydrogen-bond acceptors (Lipinski definition) is 4. The van der Waals surface area contributed by atoms with E-state index in [4.69, 9.17) is 0 Å². The topological polar surface area (TPSA) is 67.4 Å². The number of carbonyl (C=O) groups excluding carboxylic acids is 2. The molecule has 0 aromatic carbocycles. The van der Waals surface area contributed by atoms with Crippen molar-refractivity contribution in [2.75, 3.05) is 7.11 Å². The van der Waals surface area contributed by atoms with Crippen LogP contribution in [0.5, 0.6) is 0 Å². The van der Waals surface area contributed by atoms with Crippen LogP contribution in [0.4, 0.5) is 0 Å². The number of carbonyl (C=O) groups is 2. The first-order chi connectivity index (χ1) is 8.04. The predicted molar refractivity (Wildman–Crippen MR) is 64.5 cm³/mol. The molecule has 1 rings (SSSR count). The summed E-state index contributed by atoms with van der Waals surface area (Å²) >= 11 is 0. The molecule has 5 nitrogen and oxygen atoms in total. The standard InChI is InChI=1S/C12H22N2O3/c1-8(13-9(2)12(16)17-3)11(15)14-10-6-4-5-7-10/h8-10,13H,4-7H2,1-3H3,(H,14,15). The first kappa shape index (κ1) is 14.0. The number of ether oxygens (including phenoxy) is 1. The van der Waals surface area contributed by atoms with Gasteiger partial charge in [0.05, 0.1) is 13.2 Å². The molecule has 1 fully saturated rings. The Morgan fingerprint density at radius 1 is 1.18 bits per heavy atom. The van der Waals surface area contributed by atoms with Crippen molar-refractivity contribution in [2.24, 2.45) is 0 Å². The largest absolute Gasteiger partial charge is 0.468 e. The van der Waals surface area contributed by atoms with Gasteiger partial charge in [-0.05, 0) is 26.7 Å². The van der Waals surface area contributed by atoms with Crippen molar-refractivity contribution in [3.8, 4) is 0 Å². The van der Waals surface area contributed by atoms with Crippen LogP contribution in [0.25, 0.3) is 0 Å². The molecular weight excluding hydrogens is 220 g/mol. The van der Waals surface area contributed by atoms with Crippen LogP contribution >= 0.6 is 0 Å².